The number of hydrogen-bond donors (Lipinski definition) is 0. The molecule has 0 aliphatic rings. The van der Waals surface area contributed by atoms with Crippen molar-refractivity contribution in [2.75, 3.05) is 7.11 Å². The fourth-order valence-corrected chi connectivity index (χ4v) is 1.74. The van der Waals surface area contributed by atoms with E-state index >= 15 is 0 Å². The fraction of sp³-hybridized carbons (Fsp3) is 0.533. The molecule has 0 heterocycles. The van der Waals surface area contributed by atoms with Crippen LogP contribution in [0.2, 0.25) is 0 Å². The van der Waals surface area contributed by atoms with E-state index in [-0.39, 0.29) is 11.9 Å². The van der Waals surface area contributed by atoms with Gasteiger partial charge in [-0.15, -0.1) is 0 Å². The number of hydrogen-bond acceptors (Lipinski definition) is 2. The summed E-state index contributed by atoms with van der Waals surface area (Å²) in [6.07, 6.45) is 3.71. The number of Topliss-reactive ketones (excluding diaryl/α,β-unsaturated/α-hetero) is 1. The average Bonchev–Trinajstić information content (AvgIpc) is 2.36. The van der Waals surface area contributed by atoms with Crippen molar-refractivity contribution in [2.24, 2.45) is 0 Å². The van der Waals surface area contributed by atoms with Crippen molar-refractivity contribution < 1.29 is 9.53 Å². The molecule has 0 saturated heterocycles. The molecule has 1 unspecified atom stereocenters. The van der Waals surface area contributed by atoms with Crippen LogP contribution in [-0.4, -0.2) is 19.0 Å². The third-order valence-corrected chi connectivity index (χ3v) is 2.99. The Morgan fingerprint density at radius 1 is 1.29 bits per heavy atom. The number of methoxy groups -OCH3 is 1. The van der Waals surface area contributed by atoms with E-state index in [4.69, 9.17) is 4.74 Å². The number of ether oxygens (including phenoxy) is 1. The van der Waals surface area contributed by atoms with E-state index in [0.29, 0.717) is 6.42 Å². The van der Waals surface area contributed by atoms with E-state index < -0.39 is 0 Å². The lowest BCUT2D eigenvalue weighted by molar-refractivity contribution is 0.0878. The number of rotatable bonds is 7. The lowest BCUT2D eigenvalue weighted by Crippen LogP contribution is -2.08. The molecule has 0 aromatic heterocycles. The molecule has 0 spiro atoms. The summed E-state index contributed by atoms with van der Waals surface area (Å²) >= 11 is 0. The quantitative estimate of drug-likeness (QED) is 0.673. The predicted octanol–water partition coefficient (Wildman–Crippen LogP) is 3.64. The SMILES string of the molecule is CCCc1ccc(C(=O)CCC(C)OC)cc1. The number of carbonyl (C=O) groups is 1. The van der Waals surface area contributed by atoms with Crippen LogP contribution in [0.1, 0.15) is 49.0 Å². The largest absolute Gasteiger partial charge is 0.382 e. The molecule has 0 radical (unpaired) electrons. The first-order chi connectivity index (χ1) is 8.17. The normalized spacial score (nSPS) is 12.4. The summed E-state index contributed by atoms with van der Waals surface area (Å²) in [5.74, 6) is 0.206. The molecule has 0 saturated carbocycles. The number of ketones is 1. The third-order valence-electron chi connectivity index (χ3n) is 2.99. The van der Waals surface area contributed by atoms with Crippen molar-refractivity contribution in [3.63, 3.8) is 0 Å². The van der Waals surface area contributed by atoms with E-state index in [9.17, 15) is 4.79 Å². The van der Waals surface area contributed by atoms with Gasteiger partial charge in [0.05, 0.1) is 6.10 Å². The molecular formula is C15H22O2. The Labute approximate surface area is 104 Å². The van der Waals surface area contributed by atoms with Gasteiger partial charge in [-0.2, -0.15) is 0 Å². The topological polar surface area (TPSA) is 26.3 Å². The van der Waals surface area contributed by atoms with Gasteiger partial charge >= 0.3 is 0 Å². The zero-order valence-corrected chi connectivity index (χ0v) is 11.0. The Balaban J connectivity index is 2.51. The minimum absolute atomic E-state index is 0.151. The van der Waals surface area contributed by atoms with Crippen LogP contribution < -0.4 is 0 Å². The molecule has 94 valence electrons. The van der Waals surface area contributed by atoms with Gasteiger partial charge in [0.2, 0.25) is 0 Å². The van der Waals surface area contributed by atoms with Gasteiger partial charge in [0.25, 0.3) is 0 Å². The maximum atomic E-state index is 11.9. The van der Waals surface area contributed by atoms with Crippen LogP contribution in [0.3, 0.4) is 0 Å². The summed E-state index contributed by atoms with van der Waals surface area (Å²) < 4.78 is 5.14. The second kappa shape index (κ2) is 7.23. The standard InChI is InChI=1S/C15H22O2/c1-4-5-13-7-9-14(10-8-13)15(16)11-6-12(2)17-3/h7-10,12H,4-6,11H2,1-3H3. The Hall–Kier alpha value is -1.15. The minimum Gasteiger partial charge on any atom is -0.382 e. The van der Waals surface area contributed by atoms with Crippen LogP contribution in [0.4, 0.5) is 0 Å². The summed E-state index contributed by atoms with van der Waals surface area (Å²) in [5.41, 5.74) is 2.11. The molecule has 0 N–H and O–H groups in total. The maximum absolute atomic E-state index is 11.9. The van der Waals surface area contributed by atoms with E-state index in [0.717, 1.165) is 24.8 Å². The van der Waals surface area contributed by atoms with Crippen LogP contribution in [-0.2, 0) is 11.2 Å². The fourth-order valence-electron chi connectivity index (χ4n) is 1.74. The van der Waals surface area contributed by atoms with Crippen molar-refractivity contribution in [3.05, 3.63) is 35.4 Å². The molecule has 17 heavy (non-hydrogen) atoms. The van der Waals surface area contributed by atoms with Gasteiger partial charge in [-0.3, -0.25) is 4.79 Å². The molecule has 0 aliphatic carbocycles. The molecule has 0 fully saturated rings. The first kappa shape index (κ1) is 13.9. The molecule has 1 atom stereocenters. The summed E-state index contributed by atoms with van der Waals surface area (Å²) in [7, 11) is 1.68. The van der Waals surface area contributed by atoms with Gasteiger partial charge in [0.1, 0.15) is 0 Å². The van der Waals surface area contributed by atoms with E-state index in [2.05, 4.69) is 19.1 Å². The van der Waals surface area contributed by atoms with E-state index in [1.54, 1.807) is 7.11 Å². The molecule has 0 amide bonds. The Morgan fingerprint density at radius 2 is 1.94 bits per heavy atom. The Bertz CT molecular complexity index is 340. The van der Waals surface area contributed by atoms with Gasteiger partial charge in [-0.05, 0) is 25.3 Å². The molecule has 2 heteroatoms. The molecule has 2 nitrogen and oxygen atoms in total. The highest BCUT2D eigenvalue weighted by Gasteiger charge is 2.08. The molecule has 1 aromatic rings. The lowest BCUT2D eigenvalue weighted by atomic mass is 10.0. The van der Waals surface area contributed by atoms with Crippen molar-refractivity contribution >= 4 is 5.78 Å². The van der Waals surface area contributed by atoms with Gasteiger partial charge in [-0.25, -0.2) is 0 Å². The number of aryl methyl sites for hydroxylation is 1. The highest BCUT2D eigenvalue weighted by Crippen LogP contribution is 2.11. The van der Waals surface area contributed by atoms with Gasteiger partial charge in [0, 0.05) is 19.1 Å². The van der Waals surface area contributed by atoms with Gasteiger partial charge < -0.3 is 4.74 Å². The first-order valence-corrected chi connectivity index (χ1v) is 6.32. The molecule has 0 bridgehead atoms. The third kappa shape index (κ3) is 4.70. The van der Waals surface area contributed by atoms with Crippen molar-refractivity contribution in [2.45, 2.75) is 45.6 Å². The zero-order chi connectivity index (χ0) is 12.7. The van der Waals surface area contributed by atoms with Crippen molar-refractivity contribution in [3.8, 4) is 0 Å². The second-order valence-electron chi connectivity index (χ2n) is 4.46. The molecule has 1 rings (SSSR count). The predicted molar refractivity (Wildman–Crippen MR) is 70.5 cm³/mol. The van der Waals surface area contributed by atoms with E-state index in [1.807, 2.05) is 19.1 Å². The van der Waals surface area contributed by atoms with Crippen LogP contribution in [0.15, 0.2) is 24.3 Å². The maximum Gasteiger partial charge on any atom is 0.162 e. The number of benzene rings is 1. The summed E-state index contributed by atoms with van der Waals surface area (Å²) in [5, 5.41) is 0. The molecule has 0 aliphatic heterocycles. The summed E-state index contributed by atoms with van der Waals surface area (Å²) in [6, 6.07) is 7.97. The highest BCUT2D eigenvalue weighted by molar-refractivity contribution is 5.96. The van der Waals surface area contributed by atoms with Crippen LogP contribution >= 0.6 is 0 Å². The average molecular weight is 234 g/mol. The monoisotopic (exact) mass is 234 g/mol. The molecule has 1 aromatic carbocycles. The van der Waals surface area contributed by atoms with Crippen molar-refractivity contribution in [1.82, 2.24) is 0 Å². The Morgan fingerprint density at radius 3 is 2.47 bits per heavy atom. The second-order valence-corrected chi connectivity index (χ2v) is 4.46. The first-order valence-electron chi connectivity index (χ1n) is 6.32. The Kier molecular flexibility index (Phi) is 5.92. The lowest BCUT2D eigenvalue weighted by Gasteiger charge is -2.08. The van der Waals surface area contributed by atoms with Crippen LogP contribution in [0, 0.1) is 0 Å². The minimum atomic E-state index is 0.151. The highest BCUT2D eigenvalue weighted by atomic mass is 16.5. The summed E-state index contributed by atoms with van der Waals surface area (Å²) in [4.78, 5) is 11.9. The van der Waals surface area contributed by atoms with Gasteiger partial charge in [-0.1, -0.05) is 37.6 Å². The van der Waals surface area contributed by atoms with Gasteiger partial charge in [0.15, 0.2) is 5.78 Å². The summed E-state index contributed by atoms with van der Waals surface area (Å²) in [6.45, 7) is 4.14. The zero-order valence-electron chi connectivity index (χ0n) is 11.0. The number of carbonyl (C=O) groups excluding carboxylic acids is 1. The van der Waals surface area contributed by atoms with E-state index in [1.165, 1.54) is 5.56 Å². The molecular weight excluding hydrogens is 212 g/mol. The smallest absolute Gasteiger partial charge is 0.162 e. The van der Waals surface area contributed by atoms with Crippen molar-refractivity contribution in [1.29, 1.82) is 0 Å². The van der Waals surface area contributed by atoms with Crippen LogP contribution in [0.5, 0.6) is 0 Å². The van der Waals surface area contributed by atoms with Crippen LogP contribution in [0.25, 0.3) is 0 Å².